The Morgan fingerprint density at radius 1 is 1.16 bits per heavy atom. The molecule has 0 unspecified atom stereocenters. The smallest absolute Gasteiger partial charge is 0.124 e. The fourth-order valence-electron chi connectivity index (χ4n) is 1.89. The number of phenolic OH excluding ortho intramolecular Hbond substituents is 1. The van der Waals surface area contributed by atoms with Crippen molar-refractivity contribution in [3.63, 3.8) is 0 Å². The number of aromatic hydroxyl groups is 1. The Hall–Kier alpha value is -2.00. The minimum absolute atomic E-state index is 0.136. The third-order valence-corrected chi connectivity index (χ3v) is 3.09. The van der Waals surface area contributed by atoms with Crippen molar-refractivity contribution in [3.05, 3.63) is 59.7 Å². The van der Waals surface area contributed by atoms with Crippen LogP contribution in [0.25, 0.3) is 0 Å². The Balaban J connectivity index is 2.04. The normalized spacial score (nSPS) is 12.1. The van der Waals surface area contributed by atoms with Crippen molar-refractivity contribution in [3.8, 4) is 11.5 Å². The van der Waals surface area contributed by atoms with Gasteiger partial charge in [-0.25, -0.2) is 0 Å². The maximum Gasteiger partial charge on any atom is 0.124 e. The molecule has 0 aromatic heterocycles. The van der Waals surface area contributed by atoms with E-state index in [9.17, 15) is 5.11 Å². The van der Waals surface area contributed by atoms with Crippen LogP contribution >= 0.6 is 0 Å². The van der Waals surface area contributed by atoms with Crippen LogP contribution in [0.3, 0.4) is 0 Å². The third kappa shape index (κ3) is 3.48. The van der Waals surface area contributed by atoms with Crippen molar-refractivity contribution < 1.29 is 9.84 Å². The minimum atomic E-state index is -0.136. The second-order valence-corrected chi connectivity index (χ2v) is 4.51. The zero-order valence-electron chi connectivity index (χ0n) is 11.0. The molecule has 2 aromatic carbocycles. The van der Waals surface area contributed by atoms with E-state index >= 15 is 0 Å². The van der Waals surface area contributed by atoms with Gasteiger partial charge in [-0.2, -0.15) is 0 Å². The first-order valence-electron chi connectivity index (χ1n) is 6.46. The van der Waals surface area contributed by atoms with Gasteiger partial charge < -0.3 is 15.6 Å². The van der Waals surface area contributed by atoms with Crippen LogP contribution in [0.5, 0.6) is 11.5 Å². The summed E-state index contributed by atoms with van der Waals surface area (Å²) < 4.78 is 5.64. The molecule has 1 atom stereocenters. The summed E-state index contributed by atoms with van der Waals surface area (Å²) in [4.78, 5) is 0. The van der Waals surface area contributed by atoms with Gasteiger partial charge in [-0.15, -0.1) is 0 Å². The standard InChI is InChI=1S/C16H19NO2/c1-2-15(17)14-9-8-13(10-16(14)18)19-11-12-6-4-3-5-7-12/h3-10,15,18H,2,11,17H2,1H3/t15-/m0/s1. The van der Waals surface area contributed by atoms with E-state index in [0.717, 1.165) is 17.5 Å². The lowest BCUT2D eigenvalue weighted by molar-refractivity contribution is 0.304. The summed E-state index contributed by atoms with van der Waals surface area (Å²) in [6, 6.07) is 15.1. The zero-order chi connectivity index (χ0) is 13.7. The number of phenols is 1. The van der Waals surface area contributed by atoms with E-state index in [1.807, 2.05) is 49.4 Å². The van der Waals surface area contributed by atoms with Gasteiger partial charge in [-0.3, -0.25) is 0 Å². The second kappa shape index (κ2) is 6.25. The second-order valence-electron chi connectivity index (χ2n) is 4.51. The Labute approximate surface area is 113 Å². The van der Waals surface area contributed by atoms with Crippen LogP contribution in [-0.2, 0) is 6.61 Å². The van der Waals surface area contributed by atoms with Gasteiger partial charge in [0.15, 0.2) is 0 Å². The fourth-order valence-corrected chi connectivity index (χ4v) is 1.89. The first kappa shape index (κ1) is 13.4. The third-order valence-electron chi connectivity index (χ3n) is 3.09. The van der Waals surface area contributed by atoms with Crippen molar-refractivity contribution in [2.75, 3.05) is 0 Å². The van der Waals surface area contributed by atoms with Crippen molar-refractivity contribution in [1.29, 1.82) is 0 Å². The first-order chi connectivity index (χ1) is 9.20. The van der Waals surface area contributed by atoms with Crippen molar-refractivity contribution in [2.45, 2.75) is 26.0 Å². The molecule has 0 aliphatic rings. The lowest BCUT2D eigenvalue weighted by atomic mass is 10.0. The summed E-state index contributed by atoms with van der Waals surface area (Å²) in [6.45, 7) is 2.48. The average Bonchev–Trinajstić information content (AvgIpc) is 2.45. The van der Waals surface area contributed by atoms with Crippen LogP contribution in [0.15, 0.2) is 48.5 Å². The molecule has 0 saturated heterocycles. The van der Waals surface area contributed by atoms with Gasteiger partial charge >= 0.3 is 0 Å². The van der Waals surface area contributed by atoms with Crippen molar-refractivity contribution >= 4 is 0 Å². The molecular formula is C16H19NO2. The quantitative estimate of drug-likeness (QED) is 0.863. The van der Waals surface area contributed by atoms with Crippen LogP contribution in [-0.4, -0.2) is 5.11 Å². The lowest BCUT2D eigenvalue weighted by Gasteiger charge is -2.13. The van der Waals surface area contributed by atoms with E-state index in [1.165, 1.54) is 0 Å². The van der Waals surface area contributed by atoms with Crippen LogP contribution in [0.4, 0.5) is 0 Å². The van der Waals surface area contributed by atoms with E-state index < -0.39 is 0 Å². The summed E-state index contributed by atoms with van der Waals surface area (Å²) >= 11 is 0. The molecule has 0 radical (unpaired) electrons. The molecule has 0 amide bonds. The molecule has 0 heterocycles. The van der Waals surface area contributed by atoms with Crippen LogP contribution < -0.4 is 10.5 Å². The molecule has 19 heavy (non-hydrogen) atoms. The molecule has 0 spiro atoms. The van der Waals surface area contributed by atoms with Gasteiger partial charge in [-0.1, -0.05) is 43.3 Å². The van der Waals surface area contributed by atoms with Gasteiger partial charge in [0.1, 0.15) is 18.1 Å². The Morgan fingerprint density at radius 3 is 2.53 bits per heavy atom. The van der Waals surface area contributed by atoms with Crippen LogP contribution in [0.2, 0.25) is 0 Å². The molecule has 3 nitrogen and oxygen atoms in total. The maximum absolute atomic E-state index is 9.93. The van der Waals surface area contributed by atoms with E-state index in [2.05, 4.69) is 0 Å². The molecule has 2 rings (SSSR count). The number of rotatable bonds is 5. The molecule has 100 valence electrons. The summed E-state index contributed by atoms with van der Waals surface area (Å²) in [5.41, 5.74) is 7.76. The van der Waals surface area contributed by atoms with Gasteiger partial charge in [0.25, 0.3) is 0 Å². The maximum atomic E-state index is 9.93. The van der Waals surface area contributed by atoms with Crippen LogP contribution in [0.1, 0.15) is 30.5 Å². The average molecular weight is 257 g/mol. The van der Waals surface area contributed by atoms with E-state index in [1.54, 1.807) is 6.07 Å². The Morgan fingerprint density at radius 2 is 1.89 bits per heavy atom. The molecular weight excluding hydrogens is 238 g/mol. The number of ether oxygens (including phenoxy) is 1. The highest BCUT2D eigenvalue weighted by Gasteiger charge is 2.09. The highest BCUT2D eigenvalue weighted by molar-refractivity contribution is 5.41. The number of benzene rings is 2. The first-order valence-corrected chi connectivity index (χ1v) is 6.46. The van der Waals surface area contributed by atoms with Crippen molar-refractivity contribution in [1.82, 2.24) is 0 Å². The summed E-state index contributed by atoms with van der Waals surface area (Å²) in [7, 11) is 0. The summed E-state index contributed by atoms with van der Waals surface area (Å²) in [6.07, 6.45) is 0.789. The Bertz CT molecular complexity index is 526. The zero-order valence-corrected chi connectivity index (χ0v) is 11.0. The van der Waals surface area contributed by atoms with E-state index in [4.69, 9.17) is 10.5 Å². The summed E-state index contributed by atoms with van der Waals surface area (Å²) in [5.74, 6) is 0.841. The van der Waals surface area contributed by atoms with Gasteiger partial charge in [0, 0.05) is 17.7 Å². The molecule has 3 heteroatoms. The Kier molecular flexibility index (Phi) is 4.42. The fraction of sp³-hybridized carbons (Fsp3) is 0.250. The SMILES string of the molecule is CC[C@H](N)c1ccc(OCc2ccccc2)cc1O. The number of hydrogen-bond donors (Lipinski definition) is 2. The highest BCUT2D eigenvalue weighted by Crippen LogP contribution is 2.29. The molecule has 0 bridgehead atoms. The molecule has 3 N–H and O–H groups in total. The molecule has 0 aliphatic heterocycles. The minimum Gasteiger partial charge on any atom is -0.507 e. The molecule has 0 fully saturated rings. The van der Waals surface area contributed by atoms with Gasteiger partial charge in [0.2, 0.25) is 0 Å². The van der Waals surface area contributed by atoms with E-state index in [-0.39, 0.29) is 11.8 Å². The predicted octanol–water partition coefficient (Wildman–Crippen LogP) is 3.38. The molecule has 2 aromatic rings. The summed E-state index contributed by atoms with van der Waals surface area (Å²) in [5, 5.41) is 9.93. The molecule has 0 saturated carbocycles. The highest BCUT2D eigenvalue weighted by atomic mass is 16.5. The topological polar surface area (TPSA) is 55.5 Å². The van der Waals surface area contributed by atoms with Gasteiger partial charge in [-0.05, 0) is 18.1 Å². The van der Waals surface area contributed by atoms with Crippen LogP contribution in [0, 0.1) is 0 Å². The van der Waals surface area contributed by atoms with Gasteiger partial charge in [0.05, 0.1) is 0 Å². The van der Waals surface area contributed by atoms with E-state index in [0.29, 0.717) is 12.4 Å². The van der Waals surface area contributed by atoms with Crippen molar-refractivity contribution in [2.24, 2.45) is 5.73 Å². The monoisotopic (exact) mass is 257 g/mol. The largest absolute Gasteiger partial charge is 0.507 e. The molecule has 0 aliphatic carbocycles. The predicted molar refractivity (Wildman–Crippen MR) is 76.1 cm³/mol. The number of hydrogen-bond acceptors (Lipinski definition) is 3. The lowest BCUT2D eigenvalue weighted by Crippen LogP contribution is -2.08. The number of nitrogens with two attached hydrogens (primary N) is 1.